The van der Waals surface area contributed by atoms with Gasteiger partial charge in [0.05, 0.1) is 7.11 Å². The Labute approximate surface area is 122 Å². The molecule has 0 amide bonds. The molecule has 0 atom stereocenters. The fourth-order valence-corrected chi connectivity index (χ4v) is 1.80. The van der Waals surface area contributed by atoms with Crippen LogP contribution in [-0.4, -0.2) is 24.3 Å². The lowest BCUT2D eigenvalue weighted by molar-refractivity contribution is -0.140. The molecule has 1 heterocycles. The molecule has 5 nitrogen and oxygen atoms in total. The second-order valence-electron chi connectivity index (χ2n) is 4.33. The van der Waals surface area contributed by atoms with Crippen LogP contribution in [-0.2, 0) is 16.0 Å². The fourth-order valence-electron chi connectivity index (χ4n) is 1.80. The second kappa shape index (κ2) is 7.19. The van der Waals surface area contributed by atoms with E-state index in [1.54, 1.807) is 24.4 Å². The molecule has 0 aliphatic rings. The van der Waals surface area contributed by atoms with Crippen molar-refractivity contribution in [1.29, 1.82) is 0 Å². The number of aromatic nitrogens is 1. The Balaban J connectivity index is 2.12. The van der Waals surface area contributed by atoms with Crippen LogP contribution in [0.4, 0.5) is 0 Å². The number of aryl methyl sites for hydroxylation is 1. The van der Waals surface area contributed by atoms with E-state index in [1.165, 1.54) is 7.11 Å². The van der Waals surface area contributed by atoms with Gasteiger partial charge in [0, 0.05) is 24.2 Å². The van der Waals surface area contributed by atoms with Gasteiger partial charge in [0.2, 0.25) is 5.88 Å². The first-order chi connectivity index (χ1) is 10.2. The molecule has 0 spiro atoms. The number of carbonyl (C=O) groups is 2. The van der Waals surface area contributed by atoms with Crippen LogP contribution >= 0.6 is 0 Å². The molecule has 0 saturated carbocycles. The van der Waals surface area contributed by atoms with Gasteiger partial charge in [0.1, 0.15) is 5.75 Å². The summed E-state index contributed by atoms with van der Waals surface area (Å²) in [5.41, 5.74) is 1.15. The smallest absolute Gasteiger partial charge is 0.305 e. The molecular formula is C16H15NO4. The first kappa shape index (κ1) is 14.7. The average molecular weight is 285 g/mol. The third-order valence-electron chi connectivity index (χ3n) is 2.92. The molecule has 0 N–H and O–H groups in total. The summed E-state index contributed by atoms with van der Waals surface area (Å²) in [6, 6.07) is 10.7. The molecule has 5 heteroatoms. The number of nitrogens with zero attached hydrogens (tertiary/aromatic N) is 1. The van der Waals surface area contributed by atoms with E-state index in [4.69, 9.17) is 4.74 Å². The highest BCUT2D eigenvalue weighted by Gasteiger charge is 2.09. The lowest BCUT2D eigenvalue weighted by atomic mass is 10.1. The minimum atomic E-state index is -0.323. The molecule has 0 aliphatic carbocycles. The fraction of sp³-hybridized carbons (Fsp3) is 0.188. The number of methoxy groups -OCH3 is 1. The number of esters is 1. The second-order valence-corrected chi connectivity index (χ2v) is 4.33. The number of hydrogen-bond donors (Lipinski definition) is 0. The Morgan fingerprint density at radius 3 is 2.71 bits per heavy atom. The van der Waals surface area contributed by atoms with E-state index >= 15 is 0 Å². The minimum Gasteiger partial charge on any atom is -0.469 e. The third kappa shape index (κ3) is 4.14. The van der Waals surface area contributed by atoms with Gasteiger partial charge >= 0.3 is 5.97 Å². The molecule has 21 heavy (non-hydrogen) atoms. The van der Waals surface area contributed by atoms with Crippen LogP contribution in [0.3, 0.4) is 0 Å². The monoisotopic (exact) mass is 285 g/mol. The zero-order valence-corrected chi connectivity index (χ0v) is 11.6. The summed E-state index contributed by atoms with van der Waals surface area (Å²) < 4.78 is 10.1. The van der Waals surface area contributed by atoms with Crippen LogP contribution in [0.1, 0.15) is 22.3 Å². The van der Waals surface area contributed by atoms with Gasteiger partial charge in [-0.2, -0.15) is 0 Å². The predicted molar refractivity (Wildman–Crippen MR) is 76.5 cm³/mol. The standard InChI is InChI=1S/C16H15NO4/c1-20-16(19)8-7-12-10-17-15(9-13(12)11-18)21-14-5-3-2-4-6-14/h2-6,9-11H,7-8H2,1H3. The van der Waals surface area contributed by atoms with Gasteiger partial charge in [0.25, 0.3) is 0 Å². The molecule has 0 bridgehead atoms. The van der Waals surface area contributed by atoms with Crippen molar-refractivity contribution in [3.63, 3.8) is 0 Å². The molecule has 0 radical (unpaired) electrons. The number of pyridine rings is 1. The topological polar surface area (TPSA) is 65.5 Å². The van der Waals surface area contributed by atoms with Crippen LogP contribution in [0.15, 0.2) is 42.6 Å². The summed E-state index contributed by atoms with van der Waals surface area (Å²) in [7, 11) is 1.33. The highest BCUT2D eigenvalue weighted by atomic mass is 16.5. The van der Waals surface area contributed by atoms with Gasteiger partial charge < -0.3 is 9.47 Å². The summed E-state index contributed by atoms with van der Waals surface area (Å²) in [6.07, 6.45) is 2.88. The van der Waals surface area contributed by atoms with Crippen molar-refractivity contribution >= 4 is 12.3 Å². The molecule has 1 aromatic carbocycles. The predicted octanol–water partition coefficient (Wildman–Crippen LogP) is 2.79. The molecule has 0 fully saturated rings. The first-order valence-electron chi connectivity index (χ1n) is 6.46. The van der Waals surface area contributed by atoms with Crippen molar-refractivity contribution in [3.8, 4) is 11.6 Å². The number of rotatable bonds is 6. The summed E-state index contributed by atoms with van der Waals surface area (Å²) in [6.45, 7) is 0. The Bertz CT molecular complexity index is 625. The lowest BCUT2D eigenvalue weighted by Crippen LogP contribution is -2.04. The van der Waals surface area contributed by atoms with Crippen LogP contribution in [0, 0.1) is 0 Å². The van der Waals surface area contributed by atoms with Gasteiger partial charge in [-0.15, -0.1) is 0 Å². The van der Waals surface area contributed by atoms with E-state index < -0.39 is 0 Å². The van der Waals surface area contributed by atoms with Gasteiger partial charge in [-0.05, 0) is 24.1 Å². The Morgan fingerprint density at radius 2 is 2.05 bits per heavy atom. The number of ether oxygens (including phenoxy) is 2. The van der Waals surface area contributed by atoms with Gasteiger partial charge in [-0.1, -0.05) is 18.2 Å². The van der Waals surface area contributed by atoms with Crippen molar-refractivity contribution in [2.45, 2.75) is 12.8 Å². The van der Waals surface area contributed by atoms with Crippen molar-refractivity contribution in [1.82, 2.24) is 4.98 Å². The van der Waals surface area contributed by atoms with Crippen molar-refractivity contribution in [3.05, 3.63) is 53.7 Å². The Morgan fingerprint density at radius 1 is 1.29 bits per heavy atom. The summed E-state index contributed by atoms with van der Waals surface area (Å²) in [4.78, 5) is 26.4. The molecule has 0 saturated heterocycles. The zero-order valence-electron chi connectivity index (χ0n) is 11.6. The number of carbonyl (C=O) groups excluding carboxylic acids is 2. The van der Waals surface area contributed by atoms with E-state index in [9.17, 15) is 9.59 Å². The molecule has 108 valence electrons. The van der Waals surface area contributed by atoms with Crippen molar-refractivity contribution in [2.24, 2.45) is 0 Å². The SMILES string of the molecule is COC(=O)CCc1cnc(Oc2ccccc2)cc1C=O. The van der Waals surface area contributed by atoms with E-state index in [0.29, 0.717) is 29.2 Å². The molecular weight excluding hydrogens is 270 g/mol. The maximum absolute atomic E-state index is 11.1. The number of benzene rings is 1. The lowest BCUT2D eigenvalue weighted by Gasteiger charge is -2.08. The van der Waals surface area contributed by atoms with Crippen LogP contribution in [0.25, 0.3) is 0 Å². The Hall–Kier alpha value is -2.69. The summed E-state index contributed by atoms with van der Waals surface area (Å²) >= 11 is 0. The number of para-hydroxylation sites is 1. The van der Waals surface area contributed by atoms with Gasteiger partial charge in [-0.25, -0.2) is 4.98 Å². The number of hydrogen-bond acceptors (Lipinski definition) is 5. The van der Waals surface area contributed by atoms with E-state index in [0.717, 1.165) is 6.29 Å². The van der Waals surface area contributed by atoms with E-state index in [2.05, 4.69) is 9.72 Å². The molecule has 0 unspecified atom stereocenters. The molecule has 2 rings (SSSR count). The molecule has 0 aliphatic heterocycles. The van der Waals surface area contributed by atoms with E-state index in [1.807, 2.05) is 18.2 Å². The van der Waals surface area contributed by atoms with Gasteiger partial charge in [0.15, 0.2) is 6.29 Å². The van der Waals surface area contributed by atoms with Gasteiger partial charge in [-0.3, -0.25) is 9.59 Å². The highest BCUT2D eigenvalue weighted by Crippen LogP contribution is 2.21. The maximum Gasteiger partial charge on any atom is 0.305 e. The molecule has 1 aromatic heterocycles. The Kier molecular flexibility index (Phi) is 5.04. The number of aldehydes is 1. The van der Waals surface area contributed by atoms with Crippen LogP contribution in [0.5, 0.6) is 11.6 Å². The average Bonchev–Trinajstić information content (AvgIpc) is 2.54. The van der Waals surface area contributed by atoms with Crippen molar-refractivity contribution < 1.29 is 19.1 Å². The maximum atomic E-state index is 11.1. The van der Waals surface area contributed by atoms with Crippen LogP contribution in [0.2, 0.25) is 0 Å². The summed E-state index contributed by atoms with van der Waals surface area (Å²) in [5, 5.41) is 0. The summed E-state index contributed by atoms with van der Waals surface area (Å²) in [5.74, 6) is 0.658. The minimum absolute atomic E-state index is 0.206. The van der Waals surface area contributed by atoms with Crippen LogP contribution < -0.4 is 4.74 Å². The normalized spacial score (nSPS) is 9.95. The quantitative estimate of drug-likeness (QED) is 0.603. The first-order valence-corrected chi connectivity index (χ1v) is 6.46. The largest absolute Gasteiger partial charge is 0.469 e. The third-order valence-corrected chi connectivity index (χ3v) is 2.92. The van der Waals surface area contributed by atoms with E-state index in [-0.39, 0.29) is 12.4 Å². The zero-order chi connectivity index (χ0) is 15.1. The highest BCUT2D eigenvalue weighted by molar-refractivity contribution is 5.78. The molecule has 2 aromatic rings. The van der Waals surface area contributed by atoms with Crippen molar-refractivity contribution in [2.75, 3.05) is 7.11 Å².